The van der Waals surface area contributed by atoms with Crippen LogP contribution in [0.25, 0.3) is 10.8 Å². The summed E-state index contributed by atoms with van der Waals surface area (Å²) in [4.78, 5) is 61.5. The van der Waals surface area contributed by atoms with Crippen LogP contribution in [-0.2, 0) is 29.2 Å². The Hall–Kier alpha value is -5.08. The van der Waals surface area contributed by atoms with Gasteiger partial charge in [-0.05, 0) is 37.8 Å². The number of fused-ring (bicyclic) bond motifs is 1. The van der Waals surface area contributed by atoms with Crippen molar-refractivity contribution in [2.24, 2.45) is 38.7 Å². The minimum Gasteiger partial charge on any atom is -0.370 e. The molecule has 0 unspecified atom stereocenters. The molecule has 15 N–H and O–H groups in total. The minimum atomic E-state index is -3.86. The Morgan fingerprint density at radius 1 is 0.809 bits per heavy atom. The van der Waals surface area contributed by atoms with Crippen molar-refractivity contribution in [3.05, 3.63) is 36.7 Å². The maximum atomic E-state index is 13.0. The van der Waals surface area contributed by atoms with E-state index in [2.05, 4.69) is 41.0 Å². The highest BCUT2D eigenvalue weighted by Gasteiger charge is 2.25. The standard InChI is InChI=1S/C27H43N13O6S/c28-24(43)19(5-2-9-36-26(29)30)40-25(44)20(6-3-10-37-27(31)32)39-23(42)16-34-15-22(41)35-12-13-38-47(45,46)21-7-1-4-17-14-33-11-8-18(17)21/h1,4,7-8,11,14,19-20,34,38H,2-3,5-6,9-10,12-13,15-16H2,(H2,28,43)(H,35,41)(H,39,42)(H,40,44)(H4,29,30,36)(H4,31,32,37)/t19-,20-/m1/s1. The summed E-state index contributed by atoms with van der Waals surface area (Å²) in [5, 5.41) is 11.5. The van der Waals surface area contributed by atoms with Crippen LogP contribution in [0, 0.1) is 0 Å². The van der Waals surface area contributed by atoms with E-state index in [1.807, 2.05) is 0 Å². The van der Waals surface area contributed by atoms with E-state index < -0.39 is 45.7 Å². The molecule has 0 aliphatic rings. The molecule has 4 amide bonds. The van der Waals surface area contributed by atoms with E-state index in [0.29, 0.717) is 23.6 Å². The lowest BCUT2D eigenvalue weighted by Crippen LogP contribution is -2.54. The van der Waals surface area contributed by atoms with Crippen LogP contribution in [0.2, 0.25) is 0 Å². The third kappa shape index (κ3) is 14.3. The summed E-state index contributed by atoms with van der Waals surface area (Å²) in [7, 11) is -3.86. The van der Waals surface area contributed by atoms with Crippen molar-refractivity contribution in [1.29, 1.82) is 0 Å². The average molecular weight is 678 g/mol. The van der Waals surface area contributed by atoms with Crippen molar-refractivity contribution in [2.45, 2.75) is 42.7 Å². The first-order valence-corrected chi connectivity index (χ1v) is 16.1. The lowest BCUT2D eigenvalue weighted by atomic mass is 10.1. The zero-order valence-corrected chi connectivity index (χ0v) is 26.6. The van der Waals surface area contributed by atoms with Gasteiger partial charge in [-0.15, -0.1) is 0 Å². The average Bonchev–Trinajstić information content (AvgIpc) is 3.01. The molecule has 2 aromatic rings. The number of rotatable bonds is 21. The summed E-state index contributed by atoms with van der Waals surface area (Å²) >= 11 is 0. The highest BCUT2D eigenvalue weighted by Crippen LogP contribution is 2.21. The van der Waals surface area contributed by atoms with Crippen molar-refractivity contribution < 1.29 is 27.6 Å². The summed E-state index contributed by atoms with van der Waals surface area (Å²) in [6.07, 6.45) is 4.02. The van der Waals surface area contributed by atoms with Crippen molar-refractivity contribution in [2.75, 3.05) is 39.3 Å². The number of amides is 4. The van der Waals surface area contributed by atoms with Gasteiger partial charge in [0.25, 0.3) is 0 Å². The molecular weight excluding hydrogens is 634 g/mol. The molecule has 2 atom stereocenters. The van der Waals surface area contributed by atoms with Crippen LogP contribution in [0.15, 0.2) is 51.5 Å². The fourth-order valence-corrected chi connectivity index (χ4v) is 5.48. The topological polar surface area (TPSA) is 330 Å². The number of carbonyl (C=O) groups is 4. The number of aromatic nitrogens is 1. The van der Waals surface area contributed by atoms with Gasteiger partial charge in [0.2, 0.25) is 33.7 Å². The Labute approximate surface area is 272 Å². The van der Waals surface area contributed by atoms with E-state index in [0.717, 1.165) is 0 Å². The van der Waals surface area contributed by atoms with Crippen LogP contribution in [0.3, 0.4) is 0 Å². The number of sulfonamides is 1. The molecule has 2 rings (SSSR count). The number of primary amides is 1. The third-order valence-corrected chi connectivity index (χ3v) is 7.96. The third-order valence-electron chi connectivity index (χ3n) is 6.44. The molecule has 0 aliphatic carbocycles. The first kappa shape index (κ1) is 38.1. The fraction of sp³-hybridized carbons (Fsp3) is 0.444. The second-order valence-electron chi connectivity index (χ2n) is 10.2. The summed E-state index contributed by atoms with van der Waals surface area (Å²) in [5.41, 5.74) is 26.7. The number of carbonyl (C=O) groups excluding carboxylic acids is 4. The number of nitrogens with one attached hydrogen (secondary N) is 5. The van der Waals surface area contributed by atoms with Gasteiger partial charge >= 0.3 is 0 Å². The van der Waals surface area contributed by atoms with Crippen LogP contribution in [-0.4, -0.2) is 100 Å². The van der Waals surface area contributed by atoms with Crippen LogP contribution in [0.5, 0.6) is 0 Å². The van der Waals surface area contributed by atoms with Crippen molar-refractivity contribution in [1.82, 2.24) is 31.0 Å². The van der Waals surface area contributed by atoms with E-state index in [-0.39, 0.29) is 68.9 Å². The summed E-state index contributed by atoms with van der Waals surface area (Å²) in [6, 6.07) is 4.33. The van der Waals surface area contributed by atoms with Crippen LogP contribution in [0.4, 0.5) is 0 Å². The lowest BCUT2D eigenvalue weighted by molar-refractivity contribution is -0.131. The van der Waals surface area contributed by atoms with E-state index in [1.165, 1.54) is 12.3 Å². The number of benzene rings is 1. The molecule has 1 heterocycles. The molecular formula is C27H43N13O6S. The van der Waals surface area contributed by atoms with E-state index in [9.17, 15) is 27.6 Å². The zero-order chi connectivity index (χ0) is 34.8. The Bertz CT molecular complexity index is 1540. The molecule has 0 fully saturated rings. The summed E-state index contributed by atoms with van der Waals surface area (Å²) < 4.78 is 28.0. The second-order valence-corrected chi connectivity index (χ2v) is 11.9. The molecule has 0 aliphatic heterocycles. The second kappa shape index (κ2) is 19.4. The van der Waals surface area contributed by atoms with Crippen LogP contribution < -0.4 is 54.7 Å². The molecule has 0 radical (unpaired) electrons. The molecule has 19 nitrogen and oxygen atoms in total. The van der Waals surface area contributed by atoms with Gasteiger partial charge in [0.05, 0.1) is 18.0 Å². The molecule has 258 valence electrons. The van der Waals surface area contributed by atoms with Gasteiger partial charge in [-0.1, -0.05) is 12.1 Å². The predicted octanol–water partition coefficient (Wildman–Crippen LogP) is -4.22. The smallest absolute Gasteiger partial charge is 0.243 e. The van der Waals surface area contributed by atoms with Crippen LogP contribution in [0.1, 0.15) is 25.7 Å². The number of guanidine groups is 2. The maximum absolute atomic E-state index is 13.0. The highest BCUT2D eigenvalue weighted by molar-refractivity contribution is 7.89. The fourth-order valence-electron chi connectivity index (χ4n) is 4.22. The highest BCUT2D eigenvalue weighted by atomic mass is 32.2. The number of pyridine rings is 1. The molecule has 0 spiro atoms. The molecule has 1 aromatic carbocycles. The van der Waals surface area contributed by atoms with Crippen molar-refractivity contribution >= 4 is 56.3 Å². The Kier molecular flexibility index (Phi) is 15.8. The summed E-state index contributed by atoms with van der Waals surface area (Å²) in [6.45, 7) is -0.272. The van der Waals surface area contributed by atoms with E-state index >= 15 is 0 Å². The van der Waals surface area contributed by atoms with Gasteiger partial charge in [-0.25, -0.2) is 13.1 Å². The van der Waals surface area contributed by atoms with Crippen molar-refractivity contribution in [3.8, 4) is 0 Å². The molecule has 0 saturated heterocycles. The minimum absolute atomic E-state index is 0.0106. The molecule has 0 bridgehead atoms. The largest absolute Gasteiger partial charge is 0.370 e. The lowest BCUT2D eigenvalue weighted by Gasteiger charge is -2.22. The quantitative estimate of drug-likeness (QED) is 0.0341. The van der Waals surface area contributed by atoms with Crippen LogP contribution >= 0.6 is 0 Å². The van der Waals surface area contributed by atoms with Gasteiger partial charge in [-0.3, -0.25) is 39.5 Å². The summed E-state index contributed by atoms with van der Waals surface area (Å²) in [5.74, 6) is -2.79. The monoisotopic (exact) mass is 677 g/mol. The van der Waals surface area contributed by atoms with Gasteiger partial charge in [-0.2, -0.15) is 0 Å². The van der Waals surface area contributed by atoms with Gasteiger partial charge in [0, 0.05) is 49.3 Å². The van der Waals surface area contributed by atoms with Gasteiger partial charge in [0.15, 0.2) is 11.9 Å². The molecule has 20 heteroatoms. The van der Waals surface area contributed by atoms with E-state index in [1.54, 1.807) is 24.4 Å². The number of hydrogen-bond acceptors (Lipinski definition) is 10. The molecule has 0 saturated carbocycles. The number of aliphatic imine (C=N–C) groups is 2. The normalized spacial score (nSPS) is 12.3. The van der Waals surface area contributed by atoms with E-state index in [4.69, 9.17) is 28.7 Å². The SMILES string of the molecule is NC(=O)[C@@H](CCCN=C(N)N)NC(=O)[C@@H](CCCN=C(N)N)NC(=O)CNCC(=O)NCCNS(=O)(=O)c1cccc2cnccc12. The Morgan fingerprint density at radius 3 is 2.09 bits per heavy atom. The zero-order valence-electron chi connectivity index (χ0n) is 25.8. The Morgan fingerprint density at radius 2 is 1.45 bits per heavy atom. The number of nitrogens with zero attached hydrogens (tertiary/aromatic N) is 3. The molecule has 1 aromatic heterocycles. The maximum Gasteiger partial charge on any atom is 0.243 e. The van der Waals surface area contributed by atoms with Gasteiger partial charge < -0.3 is 44.6 Å². The number of nitrogens with two attached hydrogens (primary N) is 5. The number of hydrogen-bond donors (Lipinski definition) is 10. The predicted molar refractivity (Wildman–Crippen MR) is 176 cm³/mol. The van der Waals surface area contributed by atoms with Crippen molar-refractivity contribution in [3.63, 3.8) is 0 Å². The van der Waals surface area contributed by atoms with Gasteiger partial charge in [0.1, 0.15) is 12.1 Å². The Balaban J connectivity index is 1.83. The molecule has 47 heavy (non-hydrogen) atoms. The first-order chi connectivity index (χ1) is 22.3. The first-order valence-electron chi connectivity index (χ1n) is 14.6.